The number of morpholine rings is 1. The van der Waals surface area contributed by atoms with Crippen LogP contribution in [0.25, 0.3) is 0 Å². The van der Waals surface area contributed by atoms with Gasteiger partial charge in [0.2, 0.25) is 0 Å². The highest BCUT2D eigenvalue weighted by Crippen LogP contribution is 2.69. The molecule has 3 heterocycles. The van der Waals surface area contributed by atoms with E-state index in [1.165, 1.54) is 5.56 Å². The van der Waals surface area contributed by atoms with Gasteiger partial charge >= 0.3 is 0 Å². The number of hydrogen-bond donors (Lipinski definition) is 1. The summed E-state index contributed by atoms with van der Waals surface area (Å²) in [6, 6.07) is 12.7. The number of nitrogens with zero attached hydrogens (tertiary/aromatic N) is 3. The van der Waals surface area contributed by atoms with E-state index in [9.17, 15) is 5.11 Å². The lowest BCUT2D eigenvalue weighted by Crippen LogP contribution is -2.39. The molecule has 2 aromatic rings. The van der Waals surface area contributed by atoms with E-state index in [0.717, 1.165) is 51.5 Å². The van der Waals surface area contributed by atoms with E-state index in [2.05, 4.69) is 45.1 Å². The number of benzene rings is 1. The second-order valence-electron chi connectivity index (χ2n) is 8.67. The molecule has 1 N–H and O–H groups in total. The Balaban J connectivity index is 1.37. The first-order valence-corrected chi connectivity index (χ1v) is 10.9. The summed E-state index contributed by atoms with van der Waals surface area (Å²) in [6.07, 6.45) is 3.16. The van der Waals surface area contributed by atoms with Crippen molar-refractivity contribution in [1.29, 1.82) is 0 Å². The minimum atomic E-state index is -0.320. The van der Waals surface area contributed by atoms with Gasteiger partial charge in [-0.15, -0.1) is 0 Å². The SMILES string of the molecule is O[C@@H]1CN(Cc2ccncc2Cl)C[C@@]12[C@H](CN1CCOCC1)[C@H]2c1ccccc1. The van der Waals surface area contributed by atoms with Gasteiger partial charge in [-0.05, 0) is 29.0 Å². The maximum atomic E-state index is 11.2. The first kappa shape index (κ1) is 19.5. The maximum absolute atomic E-state index is 11.2. The van der Waals surface area contributed by atoms with Gasteiger partial charge in [0.25, 0.3) is 0 Å². The molecule has 1 spiro atoms. The Morgan fingerprint density at radius 2 is 1.93 bits per heavy atom. The Bertz CT molecular complexity index is 845. The van der Waals surface area contributed by atoms with Crippen LogP contribution < -0.4 is 0 Å². The van der Waals surface area contributed by atoms with E-state index in [1.54, 1.807) is 12.4 Å². The molecule has 0 radical (unpaired) electrons. The van der Waals surface area contributed by atoms with Crippen molar-refractivity contribution in [3.8, 4) is 0 Å². The van der Waals surface area contributed by atoms with Crippen molar-refractivity contribution in [1.82, 2.24) is 14.8 Å². The number of halogens is 1. The third kappa shape index (κ3) is 3.60. The molecular weight excluding hydrogens is 386 g/mol. The van der Waals surface area contributed by atoms with Crippen molar-refractivity contribution >= 4 is 11.6 Å². The van der Waals surface area contributed by atoms with Crippen LogP contribution in [0.2, 0.25) is 5.02 Å². The Morgan fingerprint density at radius 1 is 1.14 bits per heavy atom. The number of β-amino-alcohol motifs (C(OH)–C–C–N with tert-alkyl or cyclic N) is 1. The standard InChI is InChI=1S/C23H28ClN3O2/c24-20-12-25-7-6-18(20)13-27-15-21(28)23(16-27)19(14-26-8-10-29-11-9-26)22(23)17-4-2-1-3-5-17/h1-7,12,19,21-22,28H,8-11,13-16H2/t19-,21-,22-,23-/m1/s1. The fraction of sp³-hybridized carbons (Fsp3) is 0.522. The third-order valence-electron chi connectivity index (χ3n) is 7.08. The number of aromatic nitrogens is 1. The minimum absolute atomic E-state index is 0.0703. The molecule has 0 unspecified atom stereocenters. The third-order valence-corrected chi connectivity index (χ3v) is 7.42. The Hall–Kier alpha value is -1.50. The number of rotatable bonds is 5. The smallest absolute Gasteiger partial charge is 0.0744 e. The van der Waals surface area contributed by atoms with Crippen molar-refractivity contribution in [2.24, 2.45) is 11.3 Å². The molecule has 1 saturated carbocycles. The topological polar surface area (TPSA) is 48.8 Å². The van der Waals surface area contributed by atoms with Gasteiger partial charge in [-0.2, -0.15) is 0 Å². The Kier molecular flexibility index (Phi) is 5.35. The summed E-state index contributed by atoms with van der Waals surface area (Å²) in [5.74, 6) is 0.871. The van der Waals surface area contributed by atoms with Crippen LogP contribution in [0.1, 0.15) is 17.0 Å². The van der Waals surface area contributed by atoms with Gasteiger partial charge in [0, 0.05) is 57.1 Å². The monoisotopic (exact) mass is 413 g/mol. The number of ether oxygens (including phenoxy) is 1. The molecule has 3 fully saturated rings. The summed E-state index contributed by atoms with van der Waals surface area (Å²) >= 11 is 6.34. The van der Waals surface area contributed by atoms with Gasteiger partial charge in [0.1, 0.15) is 0 Å². The van der Waals surface area contributed by atoms with Crippen LogP contribution in [0.3, 0.4) is 0 Å². The highest BCUT2D eigenvalue weighted by Gasteiger charge is 2.71. The van der Waals surface area contributed by atoms with E-state index >= 15 is 0 Å². The molecule has 0 amide bonds. The van der Waals surface area contributed by atoms with Crippen LogP contribution in [0.15, 0.2) is 48.8 Å². The van der Waals surface area contributed by atoms with E-state index in [-0.39, 0.29) is 11.5 Å². The lowest BCUT2D eigenvalue weighted by molar-refractivity contribution is 0.0311. The molecule has 1 aromatic heterocycles. The predicted molar refractivity (Wildman–Crippen MR) is 113 cm³/mol. The van der Waals surface area contributed by atoms with Crippen LogP contribution >= 0.6 is 11.6 Å². The lowest BCUT2D eigenvalue weighted by atomic mass is 9.95. The molecule has 0 bridgehead atoms. The molecule has 6 heteroatoms. The van der Waals surface area contributed by atoms with Crippen molar-refractivity contribution in [3.05, 3.63) is 64.9 Å². The molecule has 5 rings (SSSR count). The first-order valence-electron chi connectivity index (χ1n) is 10.5. The normalized spacial score (nSPS) is 32.7. The summed E-state index contributed by atoms with van der Waals surface area (Å²) in [5.41, 5.74) is 2.36. The summed E-state index contributed by atoms with van der Waals surface area (Å²) in [4.78, 5) is 8.96. The van der Waals surface area contributed by atoms with Gasteiger partial charge < -0.3 is 9.84 Å². The zero-order valence-corrected chi connectivity index (χ0v) is 17.3. The fourth-order valence-corrected chi connectivity index (χ4v) is 5.80. The first-order chi connectivity index (χ1) is 14.2. The van der Waals surface area contributed by atoms with Crippen LogP contribution in [-0.4, -0.2) is 71.9 Å². The van der Waals surface area contributed by atoms with Gasteiger partial charge in [0.05, 0.1) is 24.3 Å². The number of aliphatic hydroxyl groups excluding tert-OH is 1. The Morgan fingerprint density at radius 3 is 2.69 bits per heavy atom. The lowest BCUT2D eigenvalue weighted by Gasteiger charge is -2.27. The molecular formula is C23H28ClN3O2. The molecule has 29 heavy (non-hydrogen) atoms. The van der Waals surface area contributed by atoms with Gasteiger partial charge in [-0.3, -0.25) is 14.8 Å². The van der Waals surface area contributed by atoms with E-state index in [0.29, 0.717) is 23.4 Å². The molecule has 2 saturated heterocycles. The highest BCUT2D eigenvalue weighted by molar-refractivity contribution is 6.31. The average molecular weight is 414 g/mol. The fourth-order valence-electron chi connectivity index (χ4n) is 5.62. The van der Waals surface area contributed by atoms with Crippen molar-refractivity contribution < 1.29 is 9.84 Å². The summed E-state index contributed by atoms with van der Waals surface area (Å²) in [7, 11) is 0. The van der Waals surface area contributed by atoms with Gasteiger partial charge in [-0.25, -0.2) is 0 Å². The van der Waals surface area contributed by atoms with Crippen molar-refractivity contribution in [2.45, 2.75) is 18.6 Å². The number of hydrogen-bond acceptors (Lipinski definition) is 5. The largest absolute Gasteiger partial charge is 0.391 e. The number of pyridine rings is 1. The minimum Gasteiger partial charge on any atom is -0.391 e. The molecule has 3 aliphatic rings. The number of likely N-dealkylation sites (tertiary alicyclic amines) is 1. The van der Waals surface area contributed by atoms with Crippen LogP contribution in [-0.2, 0) is 11.3 Å². The van der Waals surface area contributed by atoms with Gasteiger partial charge in [0.15, 0.2) is 0 Å². The molecule has 2 aliphatic heterocycles. The quantitative estimate of drug-likeness (QED) is 0.816. The van der Waals surface area contributed by atoms with E-state index < -0.39 is 0 Å². The zero-order valence-electron chi connectivity index (χ0n) is 16.6. The van der Waals surface area contributed by atoms with Crippen LogP contribution in [0, 0.1) is 11.3 Å². The number of aliphatic hydroxyl groups is 1. The average Bonchev–Trinajstić information content (AvgIpc) is 3.25. The van der Waals surface area contributed by atoms with Crippen molar-refractivity contribution in [2.75, 3.05) is 45.9 Å². The second kappa shape index (κ2) is 7.97. The van der Waals surface area contributed by atoms with Crippen molar-refractivity contribution in [3.63, 3.8) is 0 Å². The maximum Gasteiger partial charge on any atom is 0.0744 e. The summed E-state index contributed by atoms with van der Waals surface area (Å²) in [5, 5.41) is 11.9. The van der Waals surface area contributed by atoms with Gasteiger partial charge in [-0.1, -0.05) is 41.9 Å². The van der Waals surface area contributed by atoms with Crippen LogP contribution in [0.4, 0.5) is 0 Å². The second-order valence-corrected chi connectivity index (χ2v) is 9.08. The molecule has 1 aromatic carbocycles. The van der Waals surface area contributed by atoms with E-state index in [1.807, 2.05) is 6.07 Å². The molecule has 154 valence electrons. The summed E-state index contributed by atoms with van der Waals surface area (Å²) in [6.45, 7) is 6.98. The summed E-state index contributed by atoms with van der Waals surface area (Å²) < 4.78 is 5.53. The molecule has 4 atom stereocenters. The highest BCUT2D eigenvalue weighted by atomic mass is 35.5. The molecule has 5 nitrogen and oxygen atoms in total. The van der Waals surface area contributed by atoms with E-state index in [4.69, 9.17) is 16.3 Å². The predicted octanol–water partition coefficient (Wildman–Crippen LogP) is 2.64. The molecule has 1 aliphatic carbocycles. The van der Waals surface area contributed by atoms with Crippen LogP contribution in [0.5, 0.6) is 0 Å². The zero-order chi connectivity index (χ0) is 19.8. The Labute approximate surface area is 177 Å².